The van der Waals surface area contributed by atoms with Gasteiger partial charge in [0.25, 0.3) is 0 Å². The van der Waals surface area contributed by atoms with E-state index in [0.29, 0.717) is 6.61 Å². The van der Waals surface area contributed by atoms with Crippen molar-refractivity contribution >= 4 is 55.7 Å². The zero-order chi connectivity index (χ0) is 28.4. The molecular formula is C34H34N6O. The predicted molar refractivity (Wildman–Crippen MR) is 169 cm³/mol. The van der Waals surface area contributed by atoms with Crippen molar-refractivity contribution < 1.29 is 4.74 Å². The van der Waals surface area contributed by atoms with Gasteiger partial charge in [-0.25, -0.2) is 0 Å². The van der Waals surface area contributed by atoms with Crippen molar-refractivity contribution in [2.24, 2.45) is 20.5 Å². The summed E-state index contributed by atoms with van der Waals surface area (Å²) in [5.41, 5.74) is 6.37. The molecule has 0 unspecified atom stereocenters. The molecule has 0 aromatic heterocycles. The van der Waals surface area contributed by atoms with Crippen molar-refractivity contribution in [1.82, 2.24) is 0 Å². The molecule has 0 radical (unpaired) electrons. The summed E-state index contributed by atoms with van der Waals surface area (Å²) in [5.74, 6) is 0. The van der Waals surface area contributed by atoms with Gasteiger partial charge in [0.15, 0.2) is 0 Å². The zero-order valence-corrected chi connectivity index (χ0v) is 23.8. The Kier molecular flexibility index (Phi) is 7.20. The summed E-state index contributed by atoms with van der Waals surface area (Å²) in [4.78, 5) is 0. The number of hydrogen-bond acceptors (Lipinski definition) is 7. The van der Waals surface area contributed by atoms with E-state index in [-0.39, 0.29) is 11.8 Å². The van der Waals surface area contributed by atoms with Crippen LogP contribution in [-0.4, -0.2) is 18.4 Å². The van der Waals surface area contributed by atoms with Crippen molar-refractivity contribution in [3.8, 4) is 0 Å². The maximum absolute atomic E-state index is 5.65. The molecule has 7 heteroatoms. The zero-order valence-electron chi connectivity index (χ0n) is 23.8. The van der Waals surface area contributed by atoms with Crippen LogP contribution in [-0.2, 0) is 11.2 Å². The average Bonchev–Trinajstić information content (AvgIpc) is 2.96. The van der Waals surface area contributed by atoms with Gasteiger partial charge >= 0.3 is 0 Å². The topological polar surface area (TPSA) is 82.7 Å². The number of rotatable bonds is 8. The first kappa shape index (κ1) is 26.6. The fourth-order valence-corrected chi connectivity index (χ4v) is 5.19. The second-order valence-electron chi connectivity index (χ2n) is 11.1. The first-order valence-corrected chi connectivity index (χ1v) is 14.0. The summed E-state index contributed by atoms with van der Waals surface area (Å²) in [6.45, 7) is 9.06. The molecule has 7 nitrogen and oxygen atoms in total. The van der Waals surface area contributed by atoms with E-state index in [4.69, 9.17) is 15.0 Å². The van der Waals surface area contributed by atoms with E-state index in [0.717, 1.165) is 62.1 Å². The molecular weight excluding hydrogens is 508 g/mol. The van der Waals surface area contributed by atoms with Crippen LogP contribution in [0.2, 0.25) is 0 Å². The van der Waals surface area contributed by atoms with Gasteiger partial charge in [-0.3, -0.25) is 0 Å². The minimum absolute atomic E-state index is 0.228. The Hall–Kier alpha value is -4.62. The van der Waals surface area contributed by atoms with E-state index in [1.54, 1.807) is 0 Å². The highest BCUT2D eigenvalue weighted by Gasteiger charge is 2.25. The largest absolute Gasteiger partial charge is 0.378 e. The maximum atomic E-state index is 5.65. The minimum atomic E-state index is -0.228. The molecule has 41 heavy (non-hydrogen) atoms. The lowest BCUT2D eigenvalue weighted by Crippen LogP contribution is -2.41. The normalized spacial score (nSPS) is 14.3. The van der Waals surface area contributed by atoms with E-state index in [9.17, 15) is 0 Å². The quantitative estimate of drug-likeness (QED) is 0.191. The van der Waals surface area contributed by atoms with Gasteiger partial charge in [0, 0.05) is 32.9 Å². The number of benzene rings is 5. The Labute approximate surface area is 240 Å². The lowest BCUT2D eigenvalue weighted by Gasteiger charge is -2.36. The van der Waals surface area contributed by atoms with E-state index in [2.05, 4.69) is 85.0 Å². The van der Waals surface area contributed by atoms with Crippen LogP contribution in [0.5, 0.6) is 0 Å². The Morgan fingerprint density at radius 3 is 1.85 bits per heavy atom. The summed E-state index contributed by atoms with van der Waals surface area (Å²) in [7, 11) is 0. The number of azo groups is 2. The molecule has 0 bridgehead atoms. The van der Waals surface area contributed by atoms with Crippen LogP contribution in [0.1, 0.15) is 33.3 Å². The minimum Gasteiger partial charge on any atom is -0.378 e. The molecule has 2 N–H and O–H groups in total. The SMILES string of the molecule is CC(C)OCCc1ccc(/N=N/c2ccc(/N=N/c3ccc4c5c(cccc35)NC(C)(C)N4)c3ccccc23)cc1. The van der Waals surface area contributed by atoms with E-state index in [1.165, 1.54) is 5.56 Å². The predicted octanol–water partition coefficient (Wildman–Crippen LogP) is 10.4. The van der Waals surface area contributed by atoms with Crippen LogP contribution >= 0.6 is 0 Å². The van der Waals surface area contributed by atoms with Crippen LogP contribution in [0, 0.1) is 0 Å². The van der Waals surface area contributed by atoms with Crippen LogP contribution in [0.25, 0.3) is 21.5 Å². The number of nitrogens with one attached hydrogen (secondary N) is 2. The standard InChI is InChI=1S/C34H34N6O/c1-22(2)41-21-20-23-12-14-24(15-13-23)37-38-28-16-17-29(26-9-6-5-8-25(26)28)39-40-30-18-19-32-33-27(30)10-7-11-31(33)35-34(3,4)36-32/h5-19,22,35-36H,20-21H2,1-4H3/b38-37+,40-39+. The van der Waals surface area contributed by atoms with Gasteiger partial charge in [0.1, 0.15) is 5.66 Å². The lowest BCUT2D eigenvalue weighted by atomic mass is 10.00. The number of hydrogen-bond donors (Lipinski definition) is 2. The van der Waals surface area contributed by atoms with Crippen LogP contribution in [0.3, 0.4) is 0 Å². The number of nitrogens with zero attached hydrogens (tertiary/aromatic N) is 4. The summed E-state index contributed by atoms with van der Waals surface area (Å²) in [6, 6.07) is 30.5. The molecule has 0 aliphatic carbocycles. The summed E-state index contributed by atoms with van der Waals surface area (Å²) < 4.78 is 5.65. The van der Waals surface area contributed by atoms with E-state index >= 15 is 0 Å². The molecule has 1 aliphatic heterocycles. The molecule has 6 rings (SSSR count). The Bertz CT molecular complexity index is 1760. The first-order valence-electron chi connectivity index (χ1n) is 14.0. The van der Waals surface area contributed by atoms with Gasteiger partial charge in [0.2, 0.25) is 0 Å². The summed E-state index contributed by atoms with van der Waals surface area (Å²) in [6.07, 6.45) is 1.12. The smallest absolute Gasteiger partial charge is 0.102 e. The van der Waals surface area contributed by atoms with Crippen molar-refractivity contribution in [1.29, 1.82) is 0 Å². The van der Waals surface area contributed by atoms with Crippen LogP contribution in [0.4, 0.5) is 34.1 Å². The van der Waals surface area contributed by atoms with E-state index in [1.807, 2.05) is 54.6 Å². The Balaban J connectivity index is 1.26. The molecule has 0 fully saturated rings. The molecule has 0 spiro atoms. The van der Waals surface area contributed by atoms with Crippen molar-refractivity contribution in [2.45, 2.75) is 45.9 Å². The number of ether oxygens (including phenoxy) is 1. The molecule has 1 heterocycles. The van der Waals surface area contributed by atoms with Gasteiger partial charge in [-0.2, -0.15) is 5.11 Å². The van der Waals surface area contributed by atoms with Gasteiger partial charge in [0.05, 0.1) is 35.5 Å². The molecule has 0 saturated carbocycles. The van der Waals surface area contributed by atoms with Gasteiger partial charge < -0.3 is 15.4 Å². The molecule has 0 amide bonds. The third-order valence-corrected chi connectivity index (χ3v) is 7.11. The highest BCUT2D eigenvalue weighted by atomic mass is 16.5. The highest BCUT2D eigenvalue weighted by Crippen LogP contribution is 2.42. The Morgan fingerprint density at radius 2 is 1.20 bits per heavy atom. The van der Waals surface area contributed by atoms with Crippen LogP contribution < -0.4 is 10.6 Å². The highest BCUT2D eigenvalue weighted by molar-refractivity contribution is 6.09. The van der Waals surface area contributed by atoms with E-state index < -0.39 is 0 Å². The molecule has 0 atom stereocenters. The summed E-state index contributed by atoms with van der Waals surface area (Å²) >= 11 is 0. The van der Waals surface area contributed by atoms with Gasteiger partial charge in [-0.15, -0.1) is 15.3 Å². The third kappa shape index (κ3) is 5.81. The third-order valence-electron chi connectivity index (χ3n) is 7.11. The maximum Gasteiger partial charge on any atom is 0.102 e. The fraction of sp³-hybridized carbons (Fsp3) is 0.235. The summed E-state index contributed by atoms with van der Waals surface area (Å²) in [5, 5.41) is 29.7. The fourth-order valence-electron chi connectivity index (χ4n) is 5.19. The first-order chi connectivity index (χ1) is 19.9. The average molecular weight is 543 g/mol. The van der Waals surface area contributed by atoms with Gasteiger partial charge in [-0.1, -0.05) is 48.5 Å². The molecule has 1 aliphatic rings. The molecule has 0 saturated heterocycles. The van der Waals surface area contributed by atoms with Gasteiger partial charge in [-0.05, 0) is 82.1 Å². The lowest BCUT2D eigenvalue weighted by molar-refractivity contribution is 0.0813. The van der Waals surface area contributed by atoms with Crippen LogP contribution in [0.15, 0.2) is 111 Å². The number of anilines is 2. The van der Waals surface area contributed by atoms with Crippen molar-refractivity contribution in [3.63, 3.8) is 0 Å². The van der Waals surface area contributed by atoms with Crippen molar-refractivity contribution in [3.05, 3.63) is 96.6 Å². The molecule has 5 aromatic rings. The number of fused-ring (bicyclic) bond motifs is 1. The molecule has 5 aromatic carbocycles. The monoisotopic (exact) mass is 542 g/mol. The second kappa shape index (κ2) is 11.1. The molecule has 206 valence electrons. The Morgan fingerprint density at radius 1 is 0.634 bits per heavy atom. The van der Waals surface area contributed by atoms with Crippen molar-refractivity contribution in [2.75, 3.05) is 17.2 Å². The second-order valence-corrected chi connectivity index (χ2v) is 11.1.